The van der Waals surface area contributed by atoms with Crippen LogP contribution in [0.25, 0.3) is 5.65 Å². The van der Waals surface area contributed by atoms with Crippen LogP contribution in [-0.4, -0.2) is 27.2 Å². The van der Waals surface area contributed by atoms with Gasteiger partial charge in [-0.05, 0) is 35.0 Å². The van der Waals surface area contributed by atoms with Crippen molar-refractivity contribution in [1.29, 1.82) is 0 Å². The summed E-state index contributed by atoms with van der Waals surface area (Å²) >= 11 is 3.32. The van der Waals surface area contributed by atoms with Crippen molar-refractivity contribution in [2.45, 2.75) is 6.92 Å². The molecule has 0 aliphatic rings. The number of halogens is 1. The molecule has 78 valence electrons. The molecule has 0 saturated carbocycles. The van der Waals surface area contributed by atoms with Crippen LogP contribution < -0.4 is 0 Å². The Labute approximate surface area is 94.2 Å². The molecule has 0 aliphatic heterocycles. The summed E-state index contributed by atoms with van der Waals surface area (Å²) < 4.78 is 7.18. The smallest absolute Gasteiger partial charge is 0.376 e. The van der Waals surface area contributed by atoms with E-state index >= 15 is 0 Å². The predicted molar refractivity (Wildman–Crippen MR) is 56.6 cm³/mol. The first-order valence-electron chi connectivity index (χ1n) is 4.41. The molecule has 0 N–H and O–H groups in total. The summed E-state index contributed by atoms with van der Waals surface area (Å²) in [5.74, 6) is -0.295. The fourth-order valence-corrected chi connectivity index (χ4v) is 1.73. The van der Waals surface area contributed by atoms with E-state index in [2.05, 4.69) is 26.1 Å². The van der Waals surface area contributed by atoms with E-state index in [0.29, 0.717) is 16.9 Å². The van der Waals surface area contributed by atoms with E-state index in [-0.39, 0.29) is 5.82 Å². The molecule has 0 fully saturated rings. The Morgan fingerprint density at radius 3 is 3.07 bits per heavy atom. The monoisotopic (exact) mass is 269 g/mol. The van der Waals surface area contributed by atoms with Gasteiger partial charge in [-0.2, -0.15) is 0 Å². The van der Waals surface area contributed by atoms with Gasteiger partial charge in [0, 0.05) is 0 Å². The highest BCUT2D eigenvalue weighted by atomic mass is 79.9. The molecule has 2 aromatic heterocycles. The topological polar surface area (TPSA) is 56.5 Å². The number of carbonyl (C=O) groups excluding carboxylic acids is 1. The second-order valence-corrected chi connectivity index (χ2v) is 3.60. The van der Waals surface area contributed by atoms with Crippen LogP contribution in [0.15, 0.2) is 22.8 Å². The predicted octanol–water partition coefficient (Wildman–Crippen LogP) is 1.67. The van der Waals surface area contributed by atoms with E-state index in [9.17, 15) is 4.79 Å². The van der Waals surface area contributed by atoms with Gasteiger partial charge in [0.2, 0.25) is 5.82 Å². The van der Waals surface area contributed by atoms with Crippen molar-refractivity contribution in [3.8, 4) is 0 Å². The molecule has 0 spiro atoms. The third-order valence-electron chi connectivity index (χ3n) is 1.84. The van der Waals surface area contributed by atoms with E-state index in [1.54, 1.807) is 23.5 Å². The van der Waals surface area contributed by atoms with Crippen molar-refractivity contribution in [2.24, 2.45) is 0 Å². The van der Waals surface area contributed by atoms with Crippen molar-refractivity contribution in [2.75, 3.05) is 6.61 Å². The number of nitrogens with zero attached hydrogens (tertiary/aromatic N) is 3. The van der Waals surface area contributed by atoms with Gasteiger partial charge in [0.25, 0.3) is 0 Å². The number of fused-ring (bicyclic) bond motifs is 1. The van der Waals surface area contributed by atoms with Gasteiger partial charge in [-0.3, -0.25) is 4.40 Å². The third-order valence-corrected chi connectivity index (χ3v) is 2.46. The largest absolute Gasteiger partial charge is 0.460 e. The summed E-state index contributed by atoms with van der Waals surface area (Å²) in [5, 5.41) is 7.65. The third kappa shape index (κ3) is 1.72. The number of pyridine rings is 1. The van der Waals surface area contributed by atoms with Crippen LogP contribution >= 0.6 is 15.9 Å². The van der Waals surface area contributed by atoms with Crippen molar-refractivity contribution >= 4 is 27.5 Å². The maximum absolute atomic E-state index is 11.5. The highest BCUT2D eigenvalue weighted by molar-refractivity contribution is 9.10. The summed E-state index contributed by atoms with van der Waals surface area (Å²) in [6.07, 6.45) is 0. The number of hydrogen-bond acceptors (Lipinski definition) is 4. The van der Waals surface area contributed by atoms with Crippen molar-refractivity contribution in [3.05, 3.63) is 28.6 Å². The number of rotatable bonds is 2. The van der Waals surface area contributed by atoms with E-state index in [0.717, 1.165) is 0 Å². The minimum atomic E-state index is -0.475. The van der Waals surface area contributed by atoms with E-state index in [1.165, 1.54) is 0 Å². The summed E-state index contributed by atoms with van der Waals surface area (Å²) in [6, 6.07) is 5.39. The molecule has 0 amide bonds. The maximum Gasteiger partial charge on any atom is 0.376 e. The zero-order valence-corrected chi connectivity index (χ0v) is 9.56. The van der Waals surface area contributed by atoms with Crippen LogP contribution in [0, 0.1) is 0 Å². The molecule has 0 atom stereocenters. The summed E-state index contributed by atoms with van der Waals surface area (Å²) in [5.41, 5.74) is 0.604. The quantitative estimate of drug-likeness (QED) is 0.615. The number of ether oxygens (including phenoxy) is 1. The molecule has 0 aliphatic carbocycles. The Balaban J connectivity index is 2.57. The molecule has 6 heteroatoms. The Morgan fingerprint density at radius 1 is 1.53 bits per heavy atom. The number of hydrogen-bond donors (Lipinski definition) is 0. The van der Waals surface area contributed by atoms with Gasteiger partial charge in [-0.25, -0.2) is 4.79 Å². The van der Waals surface area contributed by atoms with Gasteiger partial charge in [-0.1, -0.05) is 6.07 Å². The molecular weight excluding hydrogens is 262 g/mol. The van der Waals surface area contributed by atoms with Gasteiger partial charge in [0.05, 0.1) is 11.2 Å². The first-order chi connectivity index (χ1) is 7.24. The molecule has 0 bridgehead atoms. The SMILES string of the molecule is CCOC(=O)c1nnc2cccc(Br)n12. The highest BCUT2D eigenvalue weighted by Gasteiger charge is 2.16. The standard InChI is InChI=1S/C9H8BrN3O2/c1-2-15-9(14)8-12-11-7-5-3-4-6(10)13(7)8/h3-5H,2H2,1H3. The lowest BCUT2D eigenvalue weighted by Crippen LogP contribution is -2.10. The van der Waals surface area contributed by atoms with Crippen molar-refractivity contribution < 1.29 is 9.53 Å². The van der Waals surface area contributed by atoms with Gasteiger partial charge >= 0.3 is 5.97 Å². The number of carbonyl (C=O) groups is 1. The van der Waals surface area contributed by atoms with Crippen molar-refractivity contribution in [1.82, 2.24) is 14.6 Å². The highest BCUT2D eigenvalue weighted by Crippen LogP contribution is 2.14. The lowest BCUT2D eigenvalue weighted by molar-refractivity contribution is 0.0510. The zero-order valence-electron chi connectivity index (χ0n) is 7.98. The second-order valence-electron chi connectivity index (χ2n) is 2.79. The first kappa shape index (κ1) is 10.1. The Kier molecular flexibility index (Phi) is 2.68. The molecule has 2 rings (SSSR count). The lowest BCUT2D eigenvalue weighted by atomic mass is 10.4. The van der Waals surface area contributed by atoms with Gasteiger partial charge in [0.1, 0.15) is 0 Å². The van der Waals surface area contributed by atoms with E-state index in [4.69, 9.17) is 4.74 Å². The lowest BCUT2D eigenvalue weighted by Gasteiger charge is -2.01. The van der Waals surface area contributed by atoms with Crippen LogP contribution in [0.4, 0.5) is 0 Å². The zero-order chi connectivity index (χ0) is 10.8. The molecule has 0 radical (unpaired) electrons. The van der Waals surface area contributed by atoms with Crippen molar-refractivity contribution in [3.63, 3.8) is 0 Å². The average molecular weight is 270 g/mol. The van der Waals surface area contributed by atoms with Gasteiger partial charge in [-0.15, -0.1) is 10.2 Å². The number of aromatic nitrogens is 3. The van der Waals surface area contributed by atoms with E-state index in [1.807, 2.05) is 6.07 Å². The molecule has 2 aromatic rings. The average Bonchev–Trinajstić information content (AvgIpc) is 2.63. The Morgan fingerprint density at radius 2 is 2.33 bits per heavy atom. The van der Waals surface area contributed by atoms with Crippen LogP contribution in [0.3, 0.4) is 0 Å². The molecule has 0 unspecified atom stereocenters. The van der Waals surface area contributed by atoms with Crippen LogP contribution in [0.2, 0.25) is 0 Å². The summed E-state index contributed by atoms with van der Waals surface area (Å²) in [7, 11) is 0. The molecular formula is C9H8BrN3O2. The van der Waals surface area contributed by atoms with Crippen LogP contribution in [0.1, 0.15) is 17.5 Å². The Hall–Kier alpha value is -1.43. The molecule has 5 nitrogen and oxygen atoms in total. The fraction of sp³-hybridized carbons (Fsp3) is 0.222. The Bertz CT molecular complexity index is 509. The summed E-state index contributed by atoms with van der Waals surface area (Å²) in [4.78, 5) is 11.5. The molecule has 0 aromatic carbocycles. The maximum atomic E-state index is 11.5. The minimum absolute atomic E-state index is 0.180. The normalized spacial score (nSPS) is 10.5. The number of esters is 1. The molecule has 2 heterocycles. The van der Waals surface area contributed by atoms with Crippen LogP contribution in [-0.2, 0) is 4.74 Å². The van der Waals surface area contributed by atoms with Gasteiger partial charge < -0.3 is 4.74 Å². The van der Waals surface area contributed by atoms with E-state index < -0.39 is 5.97 Å². The fourth-order valence-electron chi connectivity index (χ4n) is 1.23. The second kappa shape index (κ2) is 3.98. The molecule has 15 heavy (non-hydrogen) atoms. The first-order valence-corrected chi connectivity index (χ1v) is 5.20. The van der Waals surface area contributed by atoms with Gasteiger partial charge in [0.15, 0.2) is 5.65 Å². The molecule has 0 saturated heterocycles. The van der Waals surface area contributed by atoms with Crippen LogP contribution in [0.5, 0.6) is 0 Å². The summed E-state index contributed by atoms with van der Waals surface area (Å²) in [6.45, 7) is 2.06. The minimum Gasteiger partial charge on any atom is -0.460 e.